The quantitative estimate of drug-likeness (QED) is 0.366. The third-order valence-corrected chi connectivity index (χ3v) is 5.23. The molecule has 7 nitrogen and oxygen atoms in total. The van der Waals surface area contributed by atoms with Gasteiger partial charge in [-0.15, -0.1) is 0 Å². The first-order chi connectivity index (χ1) is 12.9. The fraction of sp³-hybridized carbons (Fsp3) is 0.611. The van der Waals surface area contributed by atoms with Crippen LogP contribution in [0.2, 0.25) is 10.0 Å². The van der Waals surface area contributed by atoms with Gasteiger partial charge in [0, 0.05) is 11.7 Å². The zero-order valence-electron chi connectivity index (χ0n) is 16.0. The molecule has 27 heavy (non-hydrogen) atoms. The molecule has 1 aromatic carbocycles. The van der Waals surface area contributed by atoms with Crippen molar-refractivity contribution in [2.75, 3.05) is 25.5 Å². The summed E-state index contributed by atoms with van der Waals surface area (Å²) >= 11 is 11.9. The minimum atomic E-state index is -0.337. The Morgan fingerprint density at radius 1 is 1.22 bits per heavy atom. The van der Waals surface area contributed by atoms with E-state index in [2.05, 4.69) is 45.7 Å². The fourth-order valence-corrected chi connectivity index (χ4v) is 3.26. The topological polar surface area (TPSA) is 89.2 Å². The van der Waals surface area contributed by atoms with Crippen molar-refractivity contribution in [2.45, 2.75) is 45.2 Å². The molecule has 1 aliphatic rings. The molecule has 0 aromatic heterocycles. The van der Waals surface area contributed by atoms with Crippen molar-refractivity contribution in [3.8, 4) is 0 Å². The minimum absolute atomic E-state index is 0.130. The SMILES string of the molecule is CNCCCNC1CC(C(C)C)NC(NC(=O)Nc2ccc(Cl)c(Cl)c2)N1. The van der Waals surface area contributed by atoms with Crippen LogP contribution >= 0.6 is 23.2 Å². The molecule has 0 radical (unpaired) electrons. The number of benzene rings is 1. The number of urea groups is 1. The molecule has 3 unspecified atom stereocenters. The summed E-state index contributed by atoms with van der Waals surface area (Å²) in [6.07, 6.45) is 1.79. The predicted octanol–water partition coefficient (Wildman–Crippen LogP) is 2.53. The Hall–Kier alpha value is -1.09. The Morgan fingerprint density at radius 3 is 2.67 bits per heavy atom. The molecule has 1 aliphatic heterocycles. The Morgan fingerprint density at radius 2 is 2.00 bits per heavy atom. The maximum atomic E-state index is 12.4. The minimum Gasteiger partial charge on any atom is -0.320 e. The van der Waals surface area contributed by atoms with Gasteiger partial charge < -0.3 is 21.3 Å². The van der Waals surface area contributed by atoms with Crippen LogP contribution in [0.15, 0.2) is 18.2 Å². The summed E-state index contributed by atoms with van der Waals surface area (Å²) < 4.78 is 0. The number of carbonyl (C=O) groups excluding carboxylic acids is 1. The fourth-order valence-electron chi connectivity index (χ4n) is 2.96. The van der Waals surface area contributed by atoms with Crippen LogP contribution in [0.4, 0.5) is 10.5 Å². The van der Waals surface area contributed by atoms with Crippen LogP contribution in [0.3, 0.4) is 0 Å². The van der Waals surface area contributed by atoms with Gasteiger partial charge in [-0.25, -0.2) is 4.79 Å². The number of hydrogen-bond acceptors (Lipinski definition) is 5. The monoisotopic (exact) mass is 416 g/mol. The second kappa shape index (κ2) is 11.0. The summed E-state index contributed by atoms with van der Waals surface area (Å²) in [5, 5.41) is 20.0. The van der Waals surface area contributed by atoms with Crippen LogP contribution in [0.5, 0.6) is 0 Å². The normalized spacial score (nSPS) is 22.7. The zero-order chi connectivity index (χ0) is 19.8. The molecule has 9 heteroatoms. The number of rotatable bonds is 8. The van der Waals surface area contributed by atoms with Gasteiger partial charge in [0.25, 0.3) is 0 Å². The summed E-state index contributed by atoms with van der Waals surface area (Å²) in [5.41, 5.74) is 0.583. The van der Waals surface area contributed by atoms with Crippen molar-refractivity contribution in [1.29, 1.82) is 0 Å². The lowest BCUT2D eigenvalue weighted by Crippen LogP contribution is -2.69. The van der Waals surface area contributed by atoms with E-state index in [1.165, 1.54) is 0 Å². The number of amides is 2. The van der Waals surface area contributed by atoms with Crippen molar-refractivity contribution in [3.63, 3.8) is 0 Å². The maximum absolute atomic E-state index is 12.4. The lowest BCUT2D eigenvalue weighted by Gasteiger charge is -2.40. The Balaban J connectivity index is 1.89. The van der Waals surface area contributed by atoms with E-state index >= 15 is 0 Å². The van der Waals surface area contributed by atoms with E-state index in [4.69, 9.17) is 23.2 Å². The van der Waals surface area contributed by atoms with Gasteiger partial charge in [0.05, 0.1) is 16.2 Å². The highest BCUT2D eigenvalue weighted by molar-refractivity contribution is 6.42. The summed E-state index contributed by atoms with van der Waals surface area (Å²) in [6, 6.07) is 4.95. The van der Waals surface area contributed by atoms with Gasteiger partial charge in [0.1, 0.15) is 6.29 Å². The second-order valence-corrected chi connectivity index (χ2v) is 7.86. The Labute approximate surface area is 171 Å². The summed E-state index contributed by atoms with van der Waals surface area (Å²) in [6.45, 7) is 6.23. The largest absolute Gasteiger partial charge is 0.321 e. The van der Waals surface area contributed by atoms with E-state index < -0.39 is 0 Å². The number of carbonyl (C=O) groups is 1. The number of anilines is 1. The average Bonchev–Trinajstić information content (AvgIpc) is 2.61. The van der Waals surface area contributed by atoms with Crippen molar-refractivity contribution in [3.05, 3.63) is 28.2 Å². The number of nitrogens with one attached hydrogen (secondary N) is 6. The van der Waals surface area contributed by atoms with Crippen molar-refractivity contribution < 1.29 is 4.79 Å². The molecule has 1 aromatic rings. The van der Waals surface area contributed by atoms with E-state index in [9.17, 15) is 4.79 Å². The summed E-state index contributed by atoms with van der Waals surface area (Å²) in [7, 11) is 1.95. The van der Waals surface area contributed by atoms with E-state index in [0.717, 1.165) is 25.9 Å². The molecule has 0 aliphatic carbocycles. The van der Waals surface area contributed by atoms with Crippen LogP contribution in [-0.2, 0) is 0 Å². The predicted molar refractivity (Wildman–Crippen MR) is 112 cm³/mol. The summed E-state index contributed by atoms with van der Waals surface area (Å²) in [5.74, 6) is 0.455. The highest BCUT2D eigenvalue weighted by atomic mass is 35.5. The molecule has 3 atom stereocenters. The first kappa shape index (κ1) is 22.2. The van der Waals surface area contributed by atoms with Crippen molar-refractivity contribution in [1.82, 2.24) is 26.6 Å². The average molecular weight is 417 g/mol. The molecule has 0 spiro atoms. The maximum Gasteiger partial charge on any atom is 0.321 e. The van der Waals surface area contributed by atoms with Gasteiger partial charge in [-0.2, -0.15) is 0 Å². The van der Waals surface area contributed by atoms with E-state index in [1.807, 2.05) is 7.05 Å². The van der Waals surface area contributed by atoms with E-state index in [-0.39, 0.29) is 18.5 Å². The van der Waals surface area contributed by atoms with E-state index in [0.29, 0.717) is 27.7 Å². The van der Waals surface area contributed by atoms with Crippen LogP contribution < -0.4 is 31.9 Å². The third-order valence-electron chi connectivity index (χ3n) is 4.49. The number of halogens is 2. The van der Waals surface area contributed by atoms with Gasteiger partial charge >= 0.3 is 6.03 Å². The molecule has 2 rings (SSSR count). The first-order valence-corrected chi connectivity index (χ1v) is 10.1. The molecule has 2 amide bonds. The molecular weight excluding hydrogens is 387 g/mol. The van der Waals surface area contributed by atoms with Crippen LogP contribution in [-0.4, -0.2) is 44.7 Å². The molecule has 1 saturated heterocycles. The molecule has 1 fully saturated rings. The third kappa shape index (κ3) is 7.44. The van der Waals surface area contributed by atoms with Crippen molar-refractivity contribution in [2.24, 2.45) is 5.92 Å². The second-order valence-electron chi connectivity index (χ2n) is 7.04. The number of hydrogen-bond donors (Lipinski definition) is 6. The van der Waals surface area contributed by atoms with Crippen LogP contribution in [0.1, 0.15) is 26.7 Å². The molecule has 152 valence electrons. The standard InChI is InChI=1S/C18H30Cl2N6O/c1-11(2)15-10-16(22-8-4-7-21-3)25-17(24-15)26-18(27)23-12-5-6-13(19)14(20)9-12/h5-6,9,11,15-17,21-22,24-25H,4,7-8,10H2,1-3H3,(H2,23,26,27). The lowest BCUT2D eigenvalue weighted by molar-refractivity contribution is 0.165. The van der Waals surface area contributed by atoms with Crippen molar-refractivity contribution >= 4 is 34.9 Å². The first-order valence-electron chi connectivity index (χ1n) is 9.31. The van der Waals surface area contributed by atoms with Gasteiger partial charge in [0.2, 0.25) is 0 Å². The zero-order valence-corrected chi connectivity index (χ0v) is 17.5. The highest BCUT2D eigenvalue weighted by Crippen LogP contribution is 2.24. The van der Waals surface area contributed by atoms with Gasteiger partial charge in [-0.3, -0.25) is 10.6 Å². The van der Waals surface area contributed by atoms with E-state index in [1.54, 1.807) is 18.2 Å². The van der Waals surface area contributed by atoms with Crippen LogP contribution in [0.25, 0.3) is 0 Å². The smallest absolute Gasteiger partial charge is 0.320 e. The van der Waals surface area contributed by atoms with Crippen LogP contribution in [0, 0.1) is 5.92 Å². The van der Waals surface area contributed by atoms with Gasteiger partial charge in [0.15, 0.2) is 0 Å². The molecule has 0 bridgehead atoms. The Kier molecular flexibility index (Phi) is 9.08. The molecule has 1 heterocycles. The Bertz CT molecular complexity index is 616. The highest BCUT2D eigenvalue weighted by Gasteiger charge is 2.29. The summed E-state index contributed by atoms with van der Waals surface area (Å²) in [4.78, 5) is 12.4. The molecular formula is C18H30Cl2N6O. The molecule has 0 saturated carbocycles. The lowest BCUT2D eigenvalue weighted by atomic mass is 9.97. The van der Waals surface area contributed by atoms with Gasteiger partial charge in [-0.1, -0.05) is 37.0 Å². The molecule has 6 N–H and O–H groups in total. The van der Waals surface area contributed by atoms with Gasteiger partial charge in [-0.05, 0) is 57.1 Å².